The average Bonchev–Trinajstić information content (AvgIpc) is 2.86. The summed E-state index contributed by atoms with van der Waals surface area (Å²) in [5.41, 5.74) is 7.93. The van der Waals surface area contributed by atoms with Crippen LogP contribution in [0.25, 0.3) is 16.7 Å². The van der Waals surface area contributed by atoms with Gasteiger partial charge in [0.2, 0.25) is 0 Å². The lowest BCUT2D eigenvalue weighted by atomic mass is 9.93. The Morgan fingerprint density at radius 2 is 1.80 bits per heavy atom. The lowest BCUT2D eigenvalue weighted by molar-refractivity contribution is 0.735. The fraction of sp³-hybridized carbons (Fsp3) is 0.300. The summed E-state index contributed by atoms with van der Waals surface area (Å²) in [6.07, 6.45) is 5.73. The maximum Gasteiger partial charge on any atom is -0.000740 e. The molecule has 3 rings (SSSR count). The van der Waals surface area contributed by atoms with Crippen molar-refractivity contribution in [3.8, 4) is 11.1 Å². The molecule has 0 atom stereocenters. The summed E-state index contributed by atoms with van der Waals surface area (Å²) < 4.78 is 0. The summed E-state index contributed by atoms with van der Waals surface area (Å²) in [6, 6.07) is 15.2. The van der Waals surface area contributed by atoms with Crippen LogP contribution in [0.4, 0.5) is 0 Å². The van der Waals surface area contributed by atoms with Crippen molar-refractivity contribution in [2.75, 3.05) is 0 Å². The van der Waals surface area contributed by atoms with Crippen molar-refractivity contribution in [2.45, 2.75) is 39.0 Å². The molecule has 101 valence electrons. The molecule has 0 saturated carbocycles. The zero-order chi connectivity index (χ0) is 13.9. The predicted octanol–water partition coefficient (Wildman–Crippen LogP) is 5.65. The summed E-state index contributed by atoms with van der Waals surface area (Å²) in [5, 5.41) is 0. The Balaban J connectivity index is 1.91. The summed E-state index contributed by atoms with van der Waals surface area (Å²) >= 11 is 0. The molecular formula is C20H21. The normalized spacial score (nSPS) is 12.1. The second-order valence-corrected chi connectivity index (χ2v) is 5.65. The van der Waals surface area contributed by atoms with Crippen molar-refractivity contribution in [3.63, 3.8) is 0 Å². The van der Waals surface area contributed by atoms with Crippen molar-refractivity contribution in [1.29, 1.82) is 0 Å². The van der Waals surface area contributed by atoms with E-state index < -0.39 is 0 Å². The molecule has 0 spiro atoms. The topological polar surface area (TPSA) is 0 Å². The van der Waals surface area contributed by atoms with Crippen LogP contribution in [0.2, 0.25) is 0 Å². The Morgan fingerprint density at radius 1 is 1.00 bits per heavy atom. The highest BCUT2D eigenvalue weighted by molar-refractivity contribution is 5.82. The second-order valence-electron chi connectivity index (χ2n) is 5.65. The molecule has 0 saturated heterocycles. The van der Waals surface area contributed by atoms with Gasteiger partial charge in [0, 0.05) is 0 Å². The fourth-order valence-corrected chi connectivity index (χ4v) is 3.16. The molecule has 1 aliphatic carbocycles. The minimum absolute atomic E-state index is 1.01. The van der Waals surface area contributed by atoms with Crippen LogP contribution in [0.15, 0.2) is 42.5 Å². The van der Waals surface area contributed by atoms with Gasteiger partial charge < -0.3 is 0 Å². The van der Waals surface area contributed by atoms with Crippen molar-refractivity contribution in [3.05, 3.63) is 65.7 Å². The first-order valence-corrected chi connectivity index (χ1v) is 7.63. The smallest absolute Gasteiger partial charge is 0.000740 e. The molecule has 0 amide bonds. The van der Waals surface area contributed by atoms with Gasteiger partial charge in [-0.3, -0.25) is 0 Å². The standard InChI is InChI=1S/C20H21/c1-3-4-5-9-15(2)17-12-8-13-19-18-11-7-6-10-16(18)14-20(17)19/h2,6-8,10-13H,3-5,9,14H2,1H3. The molecule has 0 bridgehead atoms. The van der Waals surface area contributed by atoms with Gasteiger partial charge in [-0.15, -0.1) is 0 Å². The van der Waals surface area contributed by atoms with E-state index in [1.54, 1.807) is 0 Å². The van der Waals surface area contributed by atoms with Gasteiger partial charge >= 0.3 is 0 Å². The zero-order valence-electron chi connectivity index (χ0n) is 12.2. The summed E-state index contributed by atoms with van der Waals surface area (Å²) in [7, 11) is 0. The highest BCUT2D eigenvalue weighted by Gasteiger charge is 2.20. The quantitative estimate of drug-likeness (QED) is 0.520. The van der Waals surface area contributed by atoms with E-state index >= 15 is 0 Å². The molecule has 2 aromatic carbocycles. The van der Waals surface area contributed by atoms with Gasteiger partial charge in [0.15, 0.2) is 0 Å². The van der Waals surface area contributed by atoms with Crippen molar-refractivity contribution >= 4 is 5.57 Å². The molecular weight excluding hydrogens is 240 g/mol. The van der Waals surface area contributed by atoms with Gasteiger partial charge in [-0.1, -0.05) is 68.8 Å². The monoisotopic (exact) mass is 261 g/mol. The van der Waals surface area contributed by atoms with Crippen molar-refractivity contribution in [1.82, 2.24) is 0 Å². The first-order chi connectivity index (χ1) is 9.81. The van der Waals surface area contributed by atoms with Crippen molar-refractivity contribution < 1.29 is 0 Å². The van der Waals surface area contributed by atoms with E-state index in [4.69, 9.17) is 6.58 Å². The summed E-state index contributed by atoms with van der Waals surface area (Å²) in [5.74, 6) is 0. The number of hydrogen-bond acceptors (Lipinski definition) is 0. The number of hydrogen-bond donors (Lipinski definition) is 0. The molecule has 2 aromatic rings. The van der Waals surface area contributed by atoms with E-state index in [-0.39, 0.29) is 0 Å². The average molecular weight is 261 g/mol. The van der Waals surface area contributed by atoms with Crippen LogP contribution < -0.4 is 0 Å². The molecule has 0 unspecified atom stereocenters. The van der Waals surface area contributed by atoms with Crippen LogP contribution >= 0.6 is 0 Å². The van der Waals surface area contributed by atoms with Crippen LogP contribution in [0.5, 0.6) is 0 Å². The van der Waals surface area contributed by atoms with E-state index in [2.05, 4.69) is 49.4 Å². The molecule has 0 aromatic heterocycles. The van der Waals surface area contributed by atoms with E-state index in [0.29, 0.717) is 0 Å². The molecule has 1 aliphatic rings. The third-order valence-corrected chi connectivity index (χ3v) is 4.25. The number of allylic oxidation sites excluding steroid dienone is 1. The van der Waals surface area contributed by atoms with E-state index in [9.17, 15) is 0 Å². The zero-order valence-corrected chi connectivity index (χ0v) is 12.2. The molecule has 0 fully saturated rings. The molecule has 0 nitrogen and oxygen atoms in total. The van der Waals surface area contributed by atoms with Crippen molar-refractivity contribution in [2.24, 2.45) is 0 Å². The Hall–Kier alpha value is -1.82. The molecule has 1 radical (unpaired) electrons. The third kappa shape index (κ3) is 2.31. The molecule has 20 heavy (non-hydrogen) atoms. The van der Waals surface area contributed by atoms with Crippen LogP contribution in [0.3, 0.4) is 0 Å². The van der Waals surface area contributed by atoms with Gasteiger partial charge in [-0.25, -0.2) is 0 Å². The number of unbranched alkanes of at least 4 members (excludes halogenated alkanes) is 2. The maximum absolute atomic E-state index is 6.36. The Morgan fingerprint density at radius 3 is 2.65 bits per heavy atom. The van der Waals surface area contributed by atoms with Crippen LogP contribution in [-0.4, -0.2) is 0 Å². The van der Waals surface area contributed by atoms with Gasteiger partial charge in [-0.2, -0.15) is 0 Å². The third-order valence-electron chi connectivity index (χ3n) is 4.25. The number of benzene rings is 2. The van der Waals surface area contributed by atoms with Gasteiger partial charge in [-0.05, 0) is 52.7 Å². The highest BCUT2D eigenvalue weighted by Crippen LogP contribution is 2.40. The largest absolute Gasteiger partial charge is 0.0654 e. The lowest BCUT2D eigenvalue weighted by Gasteiger charge is -2.11. The second kappa shape index (κ2) is 5.66. The molecule has 0 heterocycles. The molecule has 0 aliphatic heterocycles. The predicted molar refractivity (Wildman–Crippen MR) is 86.5 cm³/mol. The Kier molecular flexibility index (Phi) is 3.73. The summed E-state index contributed by atoms with van der Waals surface area (Å²) in [6.45, 7) is 8.59. The maximum atomic E-state index is 6.36. The first-order valence-electron chi connectivity index (χ1n) is 7.63. The summed E-state index contributed by atoms with van der Waals surface area (Å²) in [4.78, 5) is 0. The van der Waals surface area contributed by atoms with Gasteiger partial charge in [0.1, 0.15) is 0 Å². The van der Waals surface area contributed by atoms with Gasteiger partial charge in [0.05, 0.1) is 0 Å². The lowest BCUT2D eigenvalue weighted by Crippen LogP contribution is -1.92. The van der Waals surface area contributed by atoms with E-state index in [0.717, 1.165) is 18.4 Å². The van der Waals surface area contributed by atoms with Crippen LogP contribution in [0, 0.1) is 6.58 Å². The van der Waals surface area contributed by atoms with Gasteiger partial charge in [0.25, 0.3) is 0 Å². The fourth-order valence-electron chi connectivity index (χ4n) is 3.16. The highest BCUT2D eigenvalue weighted by atomic mass is 14.2. The Labute approximate surface area is 122 Å². The number of fused-ring (bicyclic) bond motifs is 3. The minimum atomic E-state index is 1.01. The SMILES string of the molecule is [CH]=C(CCCCC)c1cccc2c1Cc1ccccc1-2. The molecule has 0 heteroatoms. The van der Waals surface area contributed by atoms with E-state index in [1.165, 1.54) is 47.1 Å². The van der Waals surface area contributed by atoms with Crippen LogP contribution in [-0.2, 0) is 6.42 Å². The van der Waals surface area contributed by atoms with Crippen LogP contribution in [0.1, 0.15) is 49.3 Å². The molecule has 0 N–H and O–H groups in total. The number of rotatable bonds is 5. The van der Waals surface area contributed by atoms with E-state index in [1.807, 2.05) is 0 Å². The Bertz CT molecular complexity index is 634. The minimum Gasteiger partial charge on any atom is -0.0654 e. The first kappa shape index (κ1) is 13.2.